The summed E-state index contributed by atoms with van der Waals surface area (Å²) < 4.78 is 12.8. The smallest absolute Gasteiger partial charge is 0.164 e. The quantitative estimate of drug-likeness (QED) is 0.180. The zero-order chi connectivity index (χ0) is 35.6. The molecule has 3 aromatic heterocycles. The molecule has 0 spiro atoms. The molecule has 0 unspecified atom stereocenters. The molecule has 0 saturated heterocycles. The number of aromatic nitrogens is 3. The van der Waals surface area contributed by atoms with Crippen molar-refractivity contribution in [3.8, 4) is 56.4 Å². The first-order chi connectivity index (χ1) is 26.7. The van der Waals surface area contributed by atoms with Crippen LogP contribution in [-0.2, 0) is 0 Å². The average molecular weight is 692 g/mol. The molecule has 0 atom stereocenters. The van der Waals surface area contributed by atoms with Crippen LogP contribution in [0.5, 0.6) is 0 Å². The van der Waals surface area contributed by atoms with E-state index in [2.05, 4.69) is 127 Å². The van der Waals surface area contributed by atoms with E-state index in [9.17, 15) is 0 Å². The zero-order valence-corrected chi connectivity index (χ0v) is 28.9. The largest absolute Gasteiger partial charge is 0.456 e. The Morgan fingerprint density at radius 3 is 1.69 bits per heavy atom. The Labute approximate surface area is 309 Å². The van der Waals surface area contributed by atoms with Gasteiger partial charge < -0.3 is 8.83 Å². The van der Waals surface area contributed by atoms with Gasteiger partial charge in [-0.05, 0) is 75.5 Å². The zero-order valence-electron chi connectivity index (χ0n) is 28.9. The number of hydrogen-bond donors (Lipinski definition) is 0. The molecule has 0 amide bonds. The highest BCUT2D eigenvalue weighted by molar-refractivity contribution is 6.13. The van der Waals surface area contributed by atoms with Crippen molar-refractivity contribution in [1.82, 2.24) is 15.0 Å². The summed E-state index contributed by atoms with van der Waals surface area (Å²) in [7, 11) is 0. The SMILES string of the molecule is c1ccc(-c2ccc(-c3nc(-c4ccc5c(c4)oc4ccccc45)nc(-c4cc(-c5ccc6ccccc6c5)cc5oc6ccccc6c45)n3)cc2)cc1. The third-order valence-corrected chi connectivity index (χ3v) is 10.3. The predicted molar refractivity (Wildman–Crippen MR) is 219 cm³/mol. The van der Waals surface area contributed by atoms with E-state index in [1.54, 1.807) is 0 Å². The number of fused-ring (bicyclic) bond motifs is 7. The molecule has 3 heterocycles. The van der Waals surface area contributed by atoms with Gasteiger partial charge in [0, 0.05) is 38.2 Å². The van der Waals surface area contributed by atoms with E-state index >= 15 is 0 Å². The fraction of sp³-hybridized carbons (Fsp3) is 0. The van der Waals surface area contributed by atoms with Gasteiger partial charge in [-0.25, -0.2) is 15.0 Å². The Bertz CT molecular complexity index is 3210. The Kier molecular flexibility index (Phi) is 6.79. The maximum atomic E-state index is 6.54. The van der Waals surface area contributed by atoms with Crippen LogP contribution >= 0.6 is 0 Å². The van der Waals surface area contributed by atoms with Gasteiger partial charge in [0.1, 0.15) is 22.3 Å². The molecule has 0 fully saturated rings. The van der Waals surface area contributed by atoms with Gasteiger partial charge in [-0.1, -0.05) is 133 Å². The first-order valence-corrected chi connectivity index (χ1v) is 18.0. The fourth-order valence-electron chi connectivity index (χ4n) is 7.63. The lowest BCUT2D eigenvalue weighted by atomic mass is 9.96. The molecule has 5 heteroatoms. The molecule has 0 aliphatic rings. The Hall–Kier alpha value is -7.37. The van der Waals surface area contributed by atoms with Gasteiger partial charge in [0.25, 0.3) is 0 Å². The second-order valence-electron chi connectivity index (χ2n) is 13.6. The molecule has 0 saturated carbocycles. The molecular formula is C49H29N3O2. The van der Waals surface area contributed by atoms with Crippen LogP contribution in [0.15, 0.2) is 185 Å². The standard InChI is InChI=1S/C49H29N3O2/c1-2-10-30(11-3-1)32-18-21-33(22-19-32)47-50-48(36-24-25-39-38-14-6-8-16-42(38)53-44(39)28-36)52-49(51-47)41-27-37(35-23-20-31-12-4-5-13-34(31)26-35)29-45-46(41)40-15-7-9-17-43(40)54-45/h1-29H. The second-order valence-corrected chi connectivity index (χ2v) is 13.6. The van der Waals surface area contributed by atoms with Crippen molar-refractivity contribution in [2.75, 3.05) is 0 Å². The maximum Gasteiger partial charge on any atom is 0.164 e. The van der Waals surface area contributed by atoms with Crippen molar-refractivity contribution in [3.63, 3.8) is 0 Å². The minimum Gasteiger partial charge on any atom is -0.456 e. The lowest BCUT2D eigenvalue weighted by molar-refractivity contribution is 0.668. The summed E-state index contributed by atoms with van der Waals surface area (Å²) in [6.45, 7) is 0. The van der Waals surface area contributed by atoms with Crippen LogP contribution in [0.3, 0.4) is 0 Å². The van der Waals surface area contributed by atoms with Crippen molar-refractivity contribution in [3.05, 3.63) is 176 Å². The summed E-state index contributed by atoms with van der Waals surface area (Å²) in [5.74, 6) is 1.70. The van der Waals surface area contributed by atoms with Crippen molar-refractivity contribution in [1.29, 1.82) is 0 Å². The molecule has 11 rings (SSSR count). The van der Waals surface area contributed by atoms with E-state index in [1.807, 2.05) is 48.5 Å². The van der Waals surface area contributed by atoms with Gasteiger partial charge in [-0.2, -0.15) is 0 Å². The van der Waals surface area contributed by atoms with E-state index in [0.29, 0.717) is 17.5 Å². The lowest BCUT2D eigenvalue weighted by Crippen LogP contribution is -2.01. The van der Waals surface area contributed by atoms with Crippen molar-refractivity contribution < 1.29 is 8.83 Å². The second kappa shape index (κ2) is 12.1. The van der Waals surface area contributed by atoms with E-state index in [4.69, 9.17) is 23.8 Å². The van der Waals surface area contributed by atoms with Crippen molar-refractivity contribution in [2.24, 2.45) is 0 Å². The van der Waals surface area contributed by atoms with Crippen LogP contribution in [0.2, 0.25) is 0 Å². The Morgan fingerprint density at radius 2 is 0.852 bits per heavy atom. The normalized spacial score (nSPS) is 11.7. The number of furan rings is 2. The highest BCUT2D eigenvalue weighted by atomic mass is 16.3. The summed E-state index contributed by atoms with van der Waals surface area (Å²) >= 11 is 0. The Morgan fingerprint density at radius 1 is 0.296 bits per heavy atom. The van der Waals surface area contributed by atoms with E-state index < -0.39 is 0 Å². The highest BCUT2D eigenvalue weighted by Crippen LogP contribution is 2.41. The van der Waals surface area contributed by atoms with Crippen LogP contribution < -0.4 is 0 Å². The van der Waals surface area contributed by atoms with Gasteiger partial charge in [-0.15, -0.1) is 0 Å². The van der Waals surface area contributed by atoms with Crippen LogP contribution in [0.1, 0.15) is 0 Å². The lowest BCUT2D eigenvalue weighted by Gasteiger charge is -2.12. The summed E-state index contributed by atoms with van der Waals surface area (Å²) in [5.41, 5.74) is 10.2. The number of hydrogen-bond acceptors (Lipinski definition) is 5. The molecule has 5 nitrogen and oxygen atoms in total. The van der Waals surface area contributed by atoms with Crippen molar-refractivity contribution in [2.45, 2.75) is 0 Å². The first kappa shape index (κ1) is 30.3. The summed E-state index contributed by atoms with van der Waals surface area (Å²) in [6.07, 6.45) is 0. The monoisotopic (exact) mass is 691 g/mol. The van der Waals surface area contributed by atoms with E-state index in [-0.39, 0.29) is 0 Å². The van der Waals surface area contributed by atoms with Crippen LogP contribution in [0.4, 0.5) is 0 Å². The molecule has 252 valence electrons. The van der Waals surface area contributed by atoms with Gasteiger partial charge in [-0.3, -0.25) is 0 Å². The molecule has 0 aliphatic carbocycles. The van der Waals surface area contributed by atoms with E-state index in [0.717, 1.165) is 82.8 Å². The predicted octanol–water partition coefficient (Wildman–Crippen LogP) is 13.2. The summed E-state index contributed by atoms with van der Waals surface area (Å²) in [4.78, 5) is 15.6. The first-order valence-electron chi connectivity index (χ1n) is 18.0. The molecule has 11 aromatic rings. The number of para-hydroxylation sites is 2. The van der Waals surface area contributed by atoms with E-state index in [1.165, 1.54) is 10.8 Å². The van der Waals surface area contributed by atoms with Crippen LogP contribution in [0.25, 0.3) is 111 Å². The van der Waals surface area contributed by atoms with Crippen molar-refractivity contribution >= 4 is 54.6 Å². The molecule has 0 radical (unpaired) electrons. The molecule has 0 aliphatic heterocycles. The average Bonchev–Trinajstić information content (AvgIpc) is 3.81. The number of nitrogens with zero attached hydrogens (tertiary/aromatic N) is 3. The van der Waals surface area contributed by atoms with Gasteiger partial charge in [0.05, 0.1) is 0 Å². The maximum absolute atomic E-state index is 6.54. The van der Waals surface area contributed by atoms with Gasteiger partial charge in [0.2, 0.25) is 0 Å². The number of benzene rings is 8. The Balaban J connectivity index is 1.15. The summed E-state index contributed by atoms with van der Waals surface area (Å²) in [6, 6.07) is 60.5. The van der Waals surface area contributed by atoms with Gasteiger partial charge >= 0.3 is 0 Å². The minimum atomic E-state index is 0.557. The molecule has 0 bridgehead atoms. The van der Waals surface area contributed by atoms with Crippen LogP contribution in [-0.4, -0.2) is 15.0 Å². The fourth-order valence-corrected chi connectivity index (χ4v) is 7.63. The topological polar surface area (TPSA) is 65.0 Å². The van der Waals surface area contributed by atoms with Gasteiger partial charge in [0.15, 0.2) is 17.5 Å². The minimum absolute atomic E-state index is 0.557. The summed E-state index contributed by atoms with van der Waals surface area (Å²) in [5, 5.41) is 6.46. The van der Waals surface area contributed by atoms with Crippen LogP contribution in [0, 0.1) is 0 Å². The third-order valence-electron chi connectivity index (χ3n) is 10.3. The molecule has 54 heavy (non-hydrogen) atoms. The highest BCUT2D eigenvalue weighted by Gasteiger charge is 2.20. The third kappa shape index (κ3) is 5.06. The molecule has 0 N–H and O–H groups in total. The molecular weight excluding hydrogens is 663 g/mol. The number of rotatable bonds is 5. The molecule has 8 aromatic carbocycles.